The lowest BCUT2D eigenvalue weighted by molar-refractivity contribution is -0.134. The minimum atomic E-state index is -4.24. The van der Waals surface area contributed by atoms with Gasteiger partial charge in [-0.15, -0.1) is 0 Å². The van der Waals surface area contributed by atoms with Crippen LogP contribution in [-0.4, -0.2) is 52.9 Å². The number of nitrogens with one attached hydrogen (secondary N) is 1. The molecule has 0 bridgehead atoms. The Morgan fingerprint density at radius 2 is 2.24 bits per heavy atom. The van der Waals surface area contributed by atoms with Crippen LogP contribution in [0.1, 0.15) is 25.3 Å². The van der Waals surface area contributed by atoms with Gasteiger partial charge in [0.1, 0.15) is 0 Å². The molecule has 0 radical (unpaired) electrons. The van der Waals surface area contributed by atoms with Crippen LogP contribution in [0.2, 0.25) is 0 Å². The maximum atomic E-state index is 12.0. The molecule has 0 saturated carbocycles. The molecule has 1 aromatic heterocycles. The average molecular weight is 304 g/mol. The Hall–Kier alpha value is -1.57. The molecule has 1 atom stereocenters. The standard InChI is InChI=1S/C13H19F3N4O/c14-13(15,16)10-17-6-4-12(21)19-7-1-3-11(9-19)20-8-2-5-18-20/h2,5,8,11,17H,1,3-4,6-7,9-10H2/t11-/m0/s1. The van der Waals surface area contributed by atoms with Crippen LogP contribution in [0, 0.1) is 0 Å². The van der Waals surface area contributed by atoms with Crippen LogP contribution in [-0.2, 0) is 4.79 Å². The van der Waals surface area contributed by atoms with E-state index in [4.69, 9.17) is 0 Å². The van der Waals surface area contributed by atoms with Gasteiger partial charge in [0.15, 0.2) is 0 Å². The first-order valence-electron chi connectivity index (χ1n) is 7.00. The maximum Gasteiger partial charge on any atom is 0.401 e. The number of carbonyl (C=O) groups is 1. The van der Waals surface area contributed by atoms with E-state index < -0.39 is 12.7 Å². The number of rotatable bonds is 5. The Morgan fingerprint density at radius 3 is 2.90 bits per heavy atom. The van der Waals surface area contributed by atoms with Crippen molar-refractivity contribution in [3.63, 3.8) is 0 Å². The van der Waals surface area contributed by atoms with Gasteiger partial charge in [-0.1, -0.05) is 0 Å². The van der Waals surface area contributed by atoms with Gasteiger partial charge in [0.05, 0.1) is 12.6 Å². The number of likely N-dealkylation sites (tertiary alicyclic amines) is 1. The number of alkyl halides is 3. The fourth-order valence-corrected chi connectivity index (χ4v) is 2.48. The van der Waals surface area contributed by atoms with E-state index in [0.717, 1.165) is 12.8 Å². The SMILES string of the molecule is O=C(CCNCC(F)(F)F)N1CCC[C@H](n2cccn2)C1. The van der Waals surface area contributed by atoms with Gasteiger partial charge in [-0.2, -0.15) is 18.3 Å². The number of nitrogens with zero attached hydrogens (tertiary/aromatic N) is 3. The summed E-state index contributed by atoms with van der Waals surface area (Å²) in [5.74, 6) is -0.110. The van der Waals surface area contributed by atoms with E-state index in [2.05, 4.69) is 10.4 Å². The number of carbonyl (C=O) groups excluding carboxylic acids is 1. The molecule has 0 spiro atoms. The second-order valence-electron chi connectivity index (χ2n) is 5.16. The molecular formula is C13H19F3N4O. The summed E-state index contributed by atoms with van der Waals surface area (Å²) in [6.45, 7) is 0.215. The first-order chi connectivity index (χ1) is 9.96. The van der Waals surface area contributed by atoms with Crippen molar-refractivity contribution in [1.29, 1.82) is 0 Å². The van der Waals surface area contributed by atoms with Crippen LogP contribution >= 0.6 is 0 Å². The van der Waals surface area contributed by atoms with E-state index >= 15 is 0 Å². The van der Waals surface area contributed by atoms with Crippen molar-refractivity contribution in [3.8, 4) is 0 Å². The zero-order valence-corrected chi connectivity index (χ0v) is 11.6. The van der Waals surface area contributed by atoms with Crippen LogP contribution in [0.25, 0.3) is 0 Å². The highest BCUT2D eigenvalue weighted by atomic mass is 19.4. The van der Waals surface area contributed by atoms with Gasteiger partial charge in [0.2, 0.25) is 5.91 Å². The fourth-order valence-electron chi connectivity index (χ4n) is 2.48. The van der Waals surface area contributed by atoms with Crippen molar-refractivity contribution in [1.82, 2.24) is 20.0 Å². The molecule has 0 aliphatic carbocycles. The lowest BCUT2D eigenvalue weighted by Crippen LogP contribution is -2.42. The Morgan fingerprint density at radius 1 is 1.43 bits per heavy atom. The summed E-state index contributed by atoms with van der Waals surface area (Å²) in [6.07, 6.45) is 1.25. The van der Waals surface area contributed by atoms with Gasteiger partial charge in [-0.05, 0) is 18.9 Å². The first kappa shape index (κ1) is 15.8. The average Bonchev–Trinajstić information content (AvgIpc) is 2.96. The predicted octanol–water partition coefficient (Wildman–Crippen LogP) is 1.59. The molecule has 2 rings (SSSR count). The van der Waals surface area contributed by atoms with E-state index in [0.29, 0.717) is 13.1 Å². The summed E-state index contributed by atoms with van der Waals surface area (Å²) in [4.78, 5) is 13.7. The fraction of sp³-hybridized carbons (Fsp3) is 0.692. The van der Waals surface area contributed by atoms with Crippen molar-refractivity contribution in [2.45, 2.75) is 31.5 Å². The topological polar surface area (TPSA) is 50.2 Å². The Balaban J connectivity index is 1.74. The normalized spacial score (nSPS) is 19.8. The second-order valence-corrected chi connectivity index (χ2v) is 5.16. The molecule has 1 N–H and O–H groups in total. The van der Waals surface area contributed by atoms with E-state index in [1.807, 2.05) is 16.9 Å². The van der Waals surface area contributed by atoms with Gasteiger partial charge in [-0.25, -0.2) is 0 Å². The van der Waals surface area contributed by atoms with Crippen molar-refractivity contribution in [2.75, 3.05) is 26.2 Å². The first-order valence-corrected chi connectivity index (χ1v) is 7.00. The molecule has 1 aliphatic rings. The molecule has 5 nitrogen and oxygen atoms in total. The third-order valence-corrected chi connectivity index (χ3v) is 3.49. The Bertz CT molecular complexity index is 447. The molecule has 1 fully saturated rings. The van der Waals surface area contributed by atoms with Gasteiger partial charge in [0.25, 0.3) is 0 Å². The summed E-state index contributed by atoms with van der Waals surface area (Å²) in [5.41, 5.74) is 0. The van der Waals surface area contributed by atoms with Gasteiger partial charge in [-0.3, -0.25) is 9.48 Å². The molecule has 1 saturated heterocycles. The molecule has 1 aliphatic heterocycles. The number of halogens is 3. The number of piperidine rings is 1. The van der Waals surface area contributed by atoms with Gasteiger partial charge in [0, 0.05) is 38.4 Å². The number of amides is 1. The summed E-state index contributed by atoms with van der Waals surface area (Å²) in [5, 5.41) is 6.42. The van der Waals surface area contributed by atoms with E-state index in [1.165, 1.54) is 0 Å². The van der Waals surface area contributed by atoms with Crippen LogP contribution in [0.3, 0.4) is 0 Å². The number of aromatic nitrogens is 2. The Kier molecular flexibility index (Phi) is 5.22. The van der Waals surface area contributed by atoms with Crippen molar-refractivity contribution >= 4 is 5.91 Å². The van der Waals surface area contributed by atoms with E-state index in [-0.39, 0.29) is 24.9 Å². The second kappa shape index (κ2) is 6.93. The number of hydrogen-bond acceptors (Lipinski definition) is 3. The van der Waals surface area contributed by atoms with Gasteiger partial charge >= 0.3 is 6.18 Å². The lowest BCUT2D eigenvalue weighted by Gasteiger charge is -2.33. The molecule has 21 heavy (non-hydrogen) atoms. The molecule has 1 aromatic rings. The molecule has 0 aromatic carbocycles. The summed E-state index contributed by atoms with van der Waals surface area (Å²) in [7, 11) is 0. The monoisotopic (exact) mass is 304 g/mol. The summed E-state index contributed by atoms with van der Waals surface area (Å²) in [6, 6.07) is 1.99. The third-order valence-electron chi connectivity index (χ3n) is 3.49. The molecule has 8 heteroatoms. The maximum absolute atomic E-state index is 12.0. The van der Waals surface area contributed by atoms with E-state index in [9.17, 15) is 18.0 Å². The van der Waals surface area contributed by atoms with Crippen LogP contribution in [0.5, 0.6) is 0 Å². The predicted molar refractivity (Wildman–Crippen MR) is 70.6 cm³/mol. The third kappa shape index (κ3) is 5.04. The Labute approximate surface area is 121 Å². The molecule has 1 amide bonds. The molecule has 2 heterocycles. The highest BCUT2D eigenvalue weighted by Gasteiger charge is 2.27. The zero-order chi connectivity index (χ0) is 15.3. The van der Waals surface area contributed by atoms with Crippen LogP contribution in [0.15, 0.2) is 18.5 Å². The van der Waals surface area contributed by atoms with Gasteiger partial charge < -0.3 is 10.2 Å². The summed E-state index contributed by atoms with van der Waals surface area (Å²) >= 11 is 0. The number of hydrogen-bond donors (Lipinski definition) is 1. The minimum absolute atomic E-state index is 0.0429. The van der Waals surface area contributed by atoms with E-state index in [1.54, 1.807) is 11.1 Å². The molecule has 118 valence electrons. The zero-order valence-electron chi connectivity index (χ0n) is 11.6. The highest BCUT2D eigenvalue weighted by Crippen LogP contribution is 2.21. The lowest BCUT2D eigenvalue weighted by atomic mass is 10.1. The molecular weight excluding hydrogens is 285 g/mol. The van der Waals surface area contributed by atoms with Crippen molar-refractivity contribution < 1.29 is 18.0 Å². The largest absolute Gasteiger partial charge is 0.401 e. The minimum Gasteiger partial charge on any atom is -0.341 e. The quantitative estimate of drug-likeness (QED) is 0.841. The molecule has 0 unspecified atom stereocenters. The van der Waals surface area contributed by atoms with Crippen molar-refractivity contribution in [3.05, 3.63) is 18.5 Å². The summed E-state index contributed by atoms with van der Waals surface area (Å²) < 4.78 is 37.8. The van der Waals surface area contributed by atoms with Crippen LogP contribution in [0.4, 0.5) is 13.2 Å². The smallest absolute Gasteiger partial charge is 0.341 e. The van der Waals surface area contributed by atoms with Crippen molar-refractivity contribution in [2.24, 2.45) is 0 Å². The highest BCUT2D eigenvalue weighted by molar-refractivity contribution is 5.76. The van der Waals surface area contributed by atoms with Crippen LogP contribution < -0.4 is 5.32 Å².